The molecule has 8 nitrogen and oxygen atoms in total. The zero-order valence-corrected chi connectivity index (χ0v) is 23.0. The molecule has 0 saturated carbocycles. The maximum Gasteiger partial charge on any atom is 0.269 e. The first-order valence-corrected chi connectivity index (χ1v) is 12.9. The molecule has 0 unspecified atom stereocenters. The summed E-state index contributed by atoms with van der Waals surface area (Å²) in [5, 5.41) is 28.4. The lowest BCUT2D eigenvalue weighted by Crippen LogP contribution is -1.89. The van der Waals surface area contributed by atoms with Crippen LogP contribution in [0.3, 0.4) is 0 Å². The molecule has 0 atom stereocenters. The van der Waals surface area contributed by atoms with E-state index in [1.54, 1.807) is 24.3 Å². The van der Waals surface area contributed by atoms with E-state index in [0.717, 1.165) is 39.3 Å². The highest BCUT2D eigenvalue weighted by atomic mass is 16.6. The van der Waals surface area contributed by atoms with Crippen molar-refractivity contribution in [1.82, 2.24) is 4.98 Å². The van der Waals surface area contributed by atoms with Crippen LogP contribution in [0.15, 0.2) is 99.3 Å². The van der Waals surface area contributed by atoms with Gasteiger partial charge in [-0.25, -0.2) is 0 Å². The van der Waals surface area contributed by atoms with Crippen LogP contribution < -0.4 is 0 Å². The molecule has 5 rings (SSSR count). The summed E-state index contributed by atoms with van der Waals surface area (Å²) >= 11 is 0. The van der Waals surface area contributed by atoms with Crippen molar-refractivity contribution in [2.75, 3.05) is 0 Å². The highest BCUT2D eigenvalue weighted by molar-refractivity contribution is 5.97. The van der Waals surface area contributed by atoms with Gasteiger partial charge in [-0.1, -0.05) is 17.7 Å². The molecule has 3 aromatic rings. The lowest BCUT2D eigenvalue weighted by molar-refractivity contribution is -0.384. The zero-order chi connectivity index (χ0) is 28.4. The second-order valence-electron chi connectivity index (χ2n) is 9.92. The van der Waals surface area contributed by atoms with Gasteiger partial charge in [-0.05, 0) is 117 Å². The van der Waals surface area contributed by atoms with Gasteiger partial charge in [-0.2, -0.15) is 15.3 Å². The van der Waals surface area contributed by atoms with Crippen molar-refractivity contribution in [1.29, 1.82) is 0 Å². The van der Waals surface area contributed by atoms with Gasteiger partial charge >= 0.3 is 0 Å². The summed E-state index contributed by atoms with van der Waals surface area (Å²) in [5.41, 5.74) is 12.7. The summed E-state index contributed by atoms with van der Waals surface area (Å²) in [5.74, 6) is 0. The number of benzene rings is 2. The molecule has 8 heteroatoms. The first-order valence-electron chi connectivity index (χ1n) is 12.9. The molecule has 0 saturated heterocycles. The van der Waals surface area contributed by atoms with Crippen LogP contribution in [0.1, 0.15) is 28.1 Å². The zero-order valence-electron chi connectivity index (χ0n) is 23.0. The molecule has 0 amide bonds. The van der Waals surface area contributed by atoms with E-state index in [1.807, 2.05) is 26.0 Å². The Balaban J connectivity index is 1.46. The van der Waals surface area contributed by atoms with Crippen LogP contribution in [0.25, 0.3) is 22.3 Å². The van der Waals surface area contributed by atoms with Crippen molar-refractivity contribution in [3.8, 4) is 22.3 Å². The summed E-state index contributed by atoms with van der Waals surface area (Å²) in [4.78, 5) is 14.9. The quantitative estimate of drug-likeness (QED) is 0.124. The normalized spacial score (nSPS) is 11.6. The molecule has 0 aliphatic heterocycles. The van der Waals surface area contributed by atoms with E-state index in [2.05, 4.69) is 71.4 Å². The van der Waals surface area contributed by atoms with Gasteiger partial charge in [-0.15, -0.1) is 5.11 Å². The molecule has 0 fully saturated rings. The second-order valence-corrected chi connectivity index (χ2v) is 9.92. The Morgan fingerprint density at radius 1 is 0.625 bits per heavy atom. The number of nitro groups is 1. The van der Waals surface area contributed by atoms with E-state index < -0.39 is 4.92 Å². The number of fused-ring (bicyclic) bond motifs is 1. The minimum Gasteiger partial charge on any atom is -0.258 e. The molecule has 0 bridgehead atoms. The third-order valence-corrected chi connectivity index (χ3v) is 6.59. The summed E-state index contributed by atoms with van der Waals surface area (Å²) in [6.07, 6.45) is 0. The predicted molar refractivity (Wildman–Crippen MR) is 158 cm³/mol. The van der Waals surface area contributed by atoms with Crippen LogP contribution in [0.4, 0.5) is 28.4 Å². The predicted octanol–water partition coefficient (Wildman–Crippen LogP) is 10.1. The number of non-ortho nitro benzene ring substituents is 1. The topological polar surface area (TPSA) is 105 Å². The van der Waals surface area contributed by atoms with Crippen LogP contribution >= 0.6 is 0 Å². The Kier molecular flexibility index (Phi) is 7.25. The van der Waals surface area contributed by atoms with Crippen molar-refractivity contribution < 1.29 is 4.92 Å². The molecule has 0 radical (unpaired) electrons. The van der Waals surface area contributed by atoms with Gasteiger partial charge in [0.2, 0.25) is 0 Å². The van der Waals surface area contributed by atoms with E-state index >= 15 is 0 Å². The molecule has 40 heavy (non-hydrogen) atoms. The van der Waals surface area contributed by atoms with Gasteiger partial charge in [0.05, 0.1) is 27.7 Å². The van der Waals surface area contributed by atoms with E-state index in [1.165, 1.54) is 28.8 Å². The number of rotatable bonds is 6. The van der Waals surface area contributed by atoms with Gasteiger partial charge in [-0.3, -0.25) is 15.1 Å². The van der Waals surface area contributed by atoms with Crippen molar-refractivity contribution in [2.24, 2.45) is 20.5 Å². The number of hydrogen-bond acceptors (Lipinski definition) is 7. The van der Waals surface area contributed by atoms with E-state index in [4.69, 9.17) is 5.11 Å². The van der Waals surface area contributed by atoms with E-state index in [9.17, 15) is 10.1 Å². The molecule has 198 valence electrons. The van der Waals surface area contributed by atoms with Gasteiger partial charge in [0.1, 0.15) is 0 Å². The molecule has 2 aliphatic carbocycles. The van der Waals surface area contributed by atoms with Crippen LogP contribution in [-0.4, -0.2) is 9.91 Å². The van der Waals surface area contributed by atoms with Crippen LogP contribution in [0, 0.1) is 44.7 Å². The average molecular weight is 529 g/mol. The number of hydrogen-bond donors (Lipinski definition) is 0. The third-order valence-electron chi connectivity index (χ3n) is 6.59. The smallest absolute Gasteiger partial charge is 0.258 e. The molecule has 1 heterocycles. The number of nitrogens with zero attached hydrogens (tertiary/aromatic N) is 6. The molecular formula is C32H28N6O2. The lowest BCUT2D eigenvalue weighted by Gasteiger charge is -2.08. The minimum atomic E-state index is -0.447. The fraction of sp³-hybridized carbons (Fsp3) is 0.156. The summed E-state index contributed by atoms with van der Waals surface area (Å²) in [7, 11) is 0. The van der Waals surface area contributed by atoms with E-state index in [-0.39, 0.29) is 5.69 Å². The number of aromatic nitrogens is 1. The SMILES string of the molecule is Cc1cc(C)c2c(N=Nc3ccc(N=Nc4ccc([N+](=O)[O-])cc4)cc3)cc(-c3cc(C)nc(C)c3)c-2c(C)c1. The molecule has 0 N–H and O–H groups in total. The lowest BCUT2D eigenvalue weighted by atomic mass is 9.97. The highest BCUT2D eigenvalue weighted by Gasteiger charge is 2.21. The number of pyridine rings is 1. The Hall–Kier alpha value is -5.11. The van der Waals surface area contributed by atoms with Crippen molar-refractivity contribution in [2.45, 2.75) is 34.6 Å². The maximum absolute atomic E-state index is 10.8. The van der Waals surface area contributed by atoms with Crippen molar-refractivity contribution >= 4 is 28.4 Å². The summed E-state index contributed by atoms with van der Waals surface area (Å²) < 4.78 is 0. The monoisotopic (exact) mass is 528 g/mol. The van der Waals surface area contributed by atoms with Crippen LogP contribution in [-0.2, 0) is 0 Å². The van der Waals surface area contributed by atoms with Crippen molar-refractivity contribution in [3.05, 3.63) is 117 Å². The third kappa shape index (κ3) is 5.66. The van der Waals surface area contributed by atoms with Gasteiger partial charge in [0.15, 0.2) is 0 Å². The Morgan fingerprint density at radius 3 is 1.62 bits per heavy atom. The first kappa shape index (κ1) is 26.5. The van der Waals surface area contributed by atoms with E-state index in [0.29, 0.717) is 17.1 Å². The minimum absolute atomic E-state index is 0.0126. The Bertz CT molecular complexity index is 1740. The molecule has 2 aliphatic rings. The van der Waals surface area contributed by atoms with Crippen molar-refractivity contribution in [3.63, 3.8) is 0 Å². The molecule has 0 spiro atoms. The van der Waals surface area contributed by atoms with Gasteiger partial charge in [0, 0.05) is 29.1 Å². The summed E-state index contributed by atoms with van der Waals surface area (Å²) in [6.45, 7) is 10.4. The Labute approximate surface area is 232 Å². The second kappa shape index (κ2) is 10.9. The fourth-order valence-corrected chi connectivity index (χ4v) is 4.97. The standard InChI is InChI=1S/C32H28N6O2/c1-19-14-20(2)31-29(24-16-22(4)33-23(5)17-24)18-30(32(31)21(3)15-19)37-36-26-8-6-25(7-9-26)34-35-27-10-12-28(13-11-27)38(39)40/h6-18H,1-5H3. The molecular weight excluding hydrogens is 500 g/mol. The van der Waals surface area contributed by atoms with Gasteiger partial charge in [0.25, 0.3) is 5.69 Å². The average Bonchev–Trinajstić information content (AvgIpc) is 3.26. The first-order chi connectivity index (χ1) is 19.2. The highest BCUT2D eigenvalue weighted by Crippen LogP contribution is 2.47. The molecule has 1 aromatic heterocycles. The number of nitro benzene ring substituents is 1. The fourth-order valence-electron chi connectivity index (χ4n) is 4.97. The van der Waals surface area contributed by atoms with Crippen LogP contribution in [0.2, 0.25) is 0 Å². The number of azo groups is 2. The Morgan fingerprint density at radius 2 is 1.10 bits per heavy atom. The largest absolute Gasteiger partial charge is 0.269 e. The van der Waals surface area contributed by atoms with Gasteiger partial charge < -0.3 is 0 Å². The van der Waals surface area contributed by atoms with Crippen LogP contribution in [0.5, 0.6) is 0 Å². The molecule has 2 aromatic carbocycles. The summed E-state index contributed by atoms with van der Waals surface area (Å²) in [6, 6.07) is 23.9. The number of aryl methyl sites for hydroxylation is 5. The maximum atomic E-state index is 10.8.